The summed E-state index contributed by atoms with van der Waals surface area (Å²) in [5, 5.41) is 2.87. The molecule has 0 bridgehead atoms. The molecular weight excluding hydrogens is 366 g/mol. The van der Waals surface area contributed by atoms with E-state index in [0.717, 1.165) is 24.0 Å². The number of benzene rings is 2. The quantitative estimate of drug-likeness (QED) is 0.645. The molecule has 0 unspecified atom stereocenters. The standard InChI is InChI=1S/C24H29NO4/c1-3-29-22-12-8-17(14-23(22)28-2)16-25-24(27)13-11-21(26)20-10-9-18-6-4-5-7-19(18)15-20/h8-10,12,14-15H,3-7,11,13,16H2,1-2H3,(H,25,27). The number of ketones is 1. The molecule has 1 N–H and O–H groups in total. The lowest BCUT2D eigenvalue weighted by Crippen LogP contribution is -2.23. The highest BCUT2D eigenvalue weighted by Gasteiger charge is 2.14. The number of rotatable bonds is 9. The van der Waals surface area contributed by atoms with Crippen molar-refractivity contribution in [1.82, 2.24) is 5.32 Å². The van der Waals surface area contributed by atoms with Crippen molar-refractivity contribution < 1.29 is 19.1 Å². The number of Topliss-reactive ketones (excluding diaryl/α,β-unsaturated/α-hetero) is 1. The summed E-state index contributed by atoms with van der Waals surface area (Å²) in [6, 6.07) is 11.6. The van der Waals surface area contributed by atoms with E-state index in [0.29, 0.717) is 24.7 Å². The second kappa shape index (κ2) is 10.1. The van der Waals surface area contributed by atoms with Gasteiger partial charge in [0.05, 0.1) is 13.7 Å². The van der Waals surface area contributed by atoms with Crippen LogP contribution in [-0.2, 0) is 24.2 Å². The van der Waals surface area contributed by atoms with Crippen LogP contribution in [0.3, 0.4) is 0 Å². The first-order chi connectivity index (χ1) is 14.1. The minimum atomic E-state index is -0.135. The summed E-state index contributed by atoms with van der Waals surface area (Å²) < 4.78 is 10.8. The van der Waals surface area contributed by atoms with Crippen molar-refractivity contribution >= 4 is 11.7 Å². The van der Waals surface area contributed by atoms with Crippen LogP contribution in [0, 0.1) is 0 Å². The summed E-state index contributed by atoms with van der Waals surface area (Å²) >= 11 is 0. The van der Waals surface area contributed by atoms with Gasteiger partial charge >= 0.3 is 0 Å². The lowest BCUT2D eigenvalue weighted by atomic mass is 9.89. The van der Waals surface area contributed by atoms with E-state index in [2.05, 4.69) is 11.4 Å². The van der Waals surface area contributed by atoms with Gasteiger partial charge in [-0.15, -0.1) is 0 Å². The molecule has 0 saturated heterocycles. The third-order valence-electron chi connectivity index (χ3n) is 5.27. The van der Waals surface area contributed by atoms with E-state index in [9.17, 15) is 9.59 Å². The number of nitrogens with one attached hydrogen (secondary N) is 1. The van der Waals surface area contributed by atoms with Crippen LogP contribution >= 0.6 is 0 Å². The van der Waals surface area contributed by atoms with Gasteiger partial charge in [-0.2, -0.15) is 0 Å². The lowest BCUT2D eigenvalue weighted by Gasteiger charge is -2.16. The number of ether oxygens (including phenoxy) is 2. The number of carbonyl (C=O) groups is 2. The van der Waals surface area contributed by atoms with Gasteiger partial charge in [-0.1, -0.05) is 18.2 Å². The molecule has 154 valence electrons. The highest BCUT2D eigenvalue weighted by atomic mass is 16.5. The Morgan fingerprint density at radius 2 is 1.76 bits per heavy atom. The van der Waals surface area contributed by atoms with E-state index >= 15 is 0 Å². The normalized spacial score (nSPS) is 12.8. The minimum Gasteiger partial charge on any atom is -0.493 e. The molecule has 0 radical (unpaired) electrons. The second-order valence-electron chi connectivity index (χ2n) is 7.31. The van der Waals surface area contributed by atoms with Gasteiger partial charge in [0.2, 0.25) is 5.91 Å². The summed E-state index contributed by atoms with van der Waals surface area (Å²) in [5.74, 6) is 1.21. The molecule has 1 aliphatic rings. The molecule has 0 spiro atoms. The first kappa shape index (κ1) is 20.9. The Kier molecular flexibility index (Phi) is 7.28. The van der Waals surface area contributed by atoms with Crippen molar-refractivity contribution in [3.8, 4) is 11.5 Å². The van der Waals surface area contributed by atoms with E-state index in [1.165, 1.54) is 24.0 Å². The number of hydrogen-bond donors (Lipinski definition) is 1. The largest absolute Gasteiger partial charge is 0.493 e. The highest BCUT2D eigenvalue weighted by molar-refractivity contribution is 5.98. The Balaban J connectivity index is 1.49. The van der Waals surface area contributed by atoms with Gasteiger partial charge in [0.1, 0.15) is 0 Å². The number of aryl methyl sites for hydroxylation is 2. The van der Waals surface area contributed by atoms with Gasteiger partial charge in [-0.3, -0.25) is 9.59 Å². The maximum Gasteiger partial charge on any atom is 0.220 e. The van der Waals surface area contributed by atoms with Crippen molar-refractivity contribution in [3.63, 3.8) is 0 Å². The van der Waals surface area contributed by atoms with E-state index < -0.39 is 0 Å². The molecule has 1 aliphatic carbocycles. The van der Waals surface area contributed by atoms with Crippen LogP contribution in [0.1, 0.15) is 59.7 Å². The van der Waals surface area contributed by atoms with Gasteiger partial charge in [-0.25, -0.2) is 0 Å². The van der Waals surface area contributed by atoms with Gasteiger partial charge in [0, 0.05) is 24.9 Å². The summed E-state index contributed by atoms with van der Waals surface area (Å²) in [6.07, 6.45) is 4.95. The lowest BCUT2D eigenvalue weighted by molar-refractivity contribution is -0.121. The molecule has 0 atom stereocenters. The molecule has 29 heavy (non-hydrogen) atoms. The topological polar surface area (TPSA) is 64.6 Å². The van der Waals surface area contributed by atoms with Crippen LogP contribution < -0.4 is 14.8 Å². The fraction of sp³-hybridized carbons (Fsp3) is 0.417. The Labute approximate surface area is 172 Å². The van der Waals surface area contributed by atoms with Crippen LogP contribution in [0.2, 0.25) is 0 Å². The Hall–Kier alpha value is -2.82. The predicted octanol–water partition coefficient (Wildman–Crippen LogP) is 4.25. The Bertz CT molecular complexity index is 875. The number of methoxy groups -OCH3 is 1. The molecule has 0 fully saturated rings. The zero-order valence-electron chi connectivity index (χ0n) is 17.3. The monoisotopic (exact) mass is 395 g/mol. The van der Waals surface area contributed by atoms with Gasteiger partial charge in [0.25, 0.3) is 0 Å². The van der Waals surface area contributed by atoms with E-state index in [1.807, 2.05) is 37.3 Å². The van der Waals surface area contributed by atoms with Crippen molar-refractivity contribution in [2.45, 2.75) is 52.0 Å². The summed E-state index contributed by atoms with van der Waals surface area (Å²) in [5.41, 5.74) is 4.28. The van der Waals surface area contributed by atoms with Gasteiger partial charge < -0.3 is 14.8 Å². The third kappa shape index (κ3) is 5.59. The molecule has 2 aromatic rings. The summed E-state index contributed by atoms with van der Waals surface area (Å²) in [4.78, 5) is 24.7. The van der Waals surface area contributed by atoms with Crippen molar-refractivity contribution in [2.75, 3.05) is 13.7 Å². The molecule has 5 heteroatoms. The Morgan fingerprint density at radius 3 is 2.52 bits per heavy atom. The van der Waals surface area contributed by atoms with Crippen molar-refractivity contribution in [3.05, 3.63) is 58.7 Å². The smallest absolute Gasteiger partial charge is 0.220 e. The van der Waals surface area contributed by atoms with Gasteiger partial charge in [0.15, 0.2) is 17.3 Å². The number of hydrogen-bond acceptors (Lipinski definition) is 4. The van der Waals surface area contributed by atoms with Gasteiger partial charge in [-0.05, 0) is 67.5 Å². The molecule has 5 nitrogen and oxygen atoms in total. The van der Waals surface area contributed by atoms with Crippen LogP contribution in [-0.4, -0.2) is 25.4 Å². The summed E-state index contributed by atoms with van der Waals surface area (Å²) in [7, 11) is 1.59. The molecule has 1 amide bonds. The maximum atomic E-state index is 12.5. The Morgan fingerprint density at radius 1 is 0.966 bits per heavy atom. The summed E-state index contributed by atoms with van der Waals surface area (Å²) in [6.45, 7) is 2.86. The average molecular weight is 395 g/mol. The van der Waals surface area contributed by atoms with Crippen LogP contribution in [0.25, 0.3) is 0 Å². The molecule has 3 rings (SSSR count). The highest BCUT2D eigenvalue weighted by Crippen LogP contribution is 2.28. The predicted molar refractivity (Wildman–Crippen MR) is 113 cm³/mol. The zero-order valence-corrected chi connectivity index (χ0v) is 17.3. The first-order valence-corrected chi connectivity index (χ1v) is 10.3. The molecule has 0 heterocycles. The number of fused-ring (bicyclic) bond motifs is 1. The third-order valence-corrected chi connectivity index (χ3v) is 5.27. The van der Waals surface area contributed by atoms with Crippen LogP contribution in [0.15, 0.2) is 36.4 Å². The van der Waals surface area contributed by atoms with E-state index in [1.54, 1.807) is 7.11 Å². The van der Waals surface area contributed by atoms with E-state index in [-0.39, 0.29) is 24.5 Å². The molecule has 0 saturated carbocycles. The molecule has 0 aromatic heterocycles. The first-order valence-electron chi connectivity index (χ1n) is 10.3. The molecular formula is C24H29NO4. The fourth-order valence-corrected chi connectivity index (χ4v) is 3.66. The average Bonchev–Trinajstić information content (AvgIpc) is 2.76. The maximum absolute atomic E-state index is 12.5. The van der Waals surface area contributed by atoms with Crippen molar-refractivity contribution in [1.29, 1.82) is 0 Å². The minimum absolute atomic E-state index is 0.0243. The number of carbonyl (C=O) groups excluding carboxylic acids is 2. The zero-order chi connectivity index (χ0) is 20.6. The van der Waals surface area contributed by atoms with Crippen LogP contribution in [0.5, 0.6) is 11.5 Å². The van der Waals surface area contributed by atoms with Crippen LogP contribution in [0.4, 0.5) is 0 Å². The second-order valence-corrected chi connectivity index (χ2v) is 7.31. The van der Waals surface area contributed by atoms with Crippen molar-refractivity contribution in [2.24, 2.45) is 0 Å². The SMILES string of the molecule is CCOc1ccc(CNC(=O)CCC(=O)c2ccc3c(c2)CCCC3)cc1OC. The number of amides is 1. The molecule has 0 aliphatic heterocycles. The molecule has 2 aromatic carbocycles. The fourth-order valence-electron chi connectivity index (χ4n) is 3.66. The van der Waals surface area contributed by atoms with E-state index in [4.69, 9.17) is 9.47 Å².